The van der Waals surface area contributed by atoms with E-state index in [-0.39, 0.29) is 11.3 Å². The number of likely N-dealkylation sites (tertiary alicyclic amines) is 1. The molecule has 3 heteroatoms. The van der Waals surface area contributed by atoms with Gasteiger partial charge < -0.3 is 4.90 Å². The van der Waals surface area contributed by atoms with Gasteiger partial charge in [0.2, 0.25) is 0 Å². The maximum Gasteiger partial charge on any atom is 0.254 e. The molecule has 1 amide bonds. The number of amides is 1. The summed E-state index contributed by atoms with van der Waals surface area (Å²) in [6, 6.07) is 8.01. The minimum Gasteiger partial charge on any atom is -0.338 e. The molecule has 1 heterocycles. The van der Waals surface area contributed by atoms with Crippen LogP contribution in [-0.2, 0) is 5.41 Å². The van der Waals surface area contributed by atoms with Crippen molar-refractivity contribution in [2.75, 3.05) is 18.4 Å². The molecule has 0 aliphatic carbocycles. The highest BCUT2D eigenvalue weighted by Gasteiger charge is 2.29. The number of hydrogen-bond acceptors (Lipinski definition) is 1. The van der Waals surface area contributed by atoms with Gasteiger partial charge in [0.25, 0.3) is 5.91 Å². The Morgan fingerprint density at radius 3 is 2.63 bits per heavy atom. The maximum absolute atomic E-state index is 12.7. The van der Waals surface area contributed by atoms with E-state index in [0.29, 0.717) is 5.92 Å². The number of hydrogen-bond donors (Lipinski definition) is 0. The van der Waals surface area contributed by atoms with Crippen LogP contribution in [0, 0.1) is 5.92 Å². The standard InChI is InChI=1S/C16H22BrNO/c1-16(2,3)14-7-5-4-6-13(14)15(19)18-9-8-12(10-17)11-18/h4-7,12H,8-11H2,1-3H3. The largest absolute Gasteiger partial charge is 0.338 e. The lowest BCUT2D eigenvalue weighted by Crippen LogP contribution is -2.31. The molecular weight excluding hydrogens is 302 g/mol. The highest BCUT2D eigenvalue weighted by atomic mass is 79.9. The van der Waals surface area contributed by atoms with Gasteiger partial charge in [-0.1, -0.05) is 54.9 Å². The minimum absolute atomic E-state index is 0.000796. The first-order chi connectivity index (χ1) is 8.93. The molecule has 1 aromatic rings. The quantitative estimate of drug-likeness (QED) is 0.757. The molecule has 1 fully saturated rings. The van der Waals surface area contributed by atoms with Crippen molar-refractivity contribution < 1.29 is 4.79 Å². The van der Waals surface area contributed by atoms with Crippen molar-refractivity contribution in [1.29, 1.82) is 0 Å². The van der Waals surface area contributed by atoms with Gasteiger partial charge in [-0.3, -0.25) is 4.79 Å². The molecule has 0 N–H and O–H groups in total. The van der Waals surface area contributed by atoms with Gasteiger partial charge >= 0.3 is 0 Å². The Morgan fingerprint density at radius 2 is 2.05 bits per heavy atom. The summed E-state index contributed by atoms with van der Waals surface area (Å²) in [6.45, 7) is 8.23. The molecule has 0 spiro atoms. The molecule has 1 unspecified atom stereocenters. The highest BCUT2D eigenvalue weighted by molar-refractivity contribution is 9.09. The van der Waals surface area contributed by atoms with E-state index in [1.807, 2.05) is 23.1 Å². The van der Waals surface area contributed by atoms with Gasteiger partial charge in [0.05, 0.1) is 0 Å². The Labute approximate surface area is 124 Å². The lowest BCUT2D eigenvalue weighted by molar-refractivity contribution is 0.0786. The Bertz CT molecular complexity index is 464. The number of carbonyl (C=O) groups excluding carboxylic acids is 1. The van der Waals surface area contributed by atoms with Gasteiger partial charge in [-0.05, 0) is 29.4 Å². The monoisotopic (exact) mass is 323 g/mol. The van der Waals surface area contributed by atoms with Crippen LogP contribution in [0.2, 0.25) is 0 Å². The predicted molar refractivity (Wildman–Crippen MR) is 82.9 cm³/mol. The van der Waals surface area contributed by atoms with E-state index in [4.69, 9.17) is 0 Å². The molecular formula is C16H22BrNO. The van der Waals surface area contributed by atoms with Crippen LogP contribution in [0.15, 0.2) is 24.3 Å². The second kappa shape index (κ2) is 5.66. The fourth-order valence-corrected chi connectivity index (χ4v) is 3.17. The van der Waals surface area contributed by atoms with Crippen molar-refractivity contribution in [2.24, 2.45) is 5.92 Å². The number of rotatable bonds is 2. The molecule has 19 heavy (non-hydrogen) atoms. The van der Waals surface area contributed by atoms with Gasteiger partial charge in [0, 0.05) is 24.0 Å². The molecule has 2 rings (SSSR count). The summed E-state index contributed by atoms with van der Waals surface area (Å²) in [7, 11) is 0. The second-order valence-electron chi connectivity index (χ2n) is 6.36. The highest BCUT2D eigenvalue weighted by Crippen LogP contribution is 2.28. The van der Waals surface area contributed by atoms with Crippen LogP contribution in [-0.4, -0.2) is 29.2 Å². The van der Waals surface area contributed by atoms with E-state index in [2.05, 4.69) is 42.8 Å². The summed E-state index contributed by atoms with van der Waals surface area (Å²) in [6.07, 6.45) is 1.11. The molecule has 2 nitrogen and oxygen atoms in total. The molecule has 0 aromatic heterocycles. The molecule has 0 radical (unpaired) electrons. The average Bonchev–Trinajstić information content (AvgIpc) is 2.85. The number of nitrogens with zero attached hydrogens (tertiary/aromatic N) is 1. The molecule has 104 valence electrons. The first-order valence-corrected chi connectivity index (χ1v) is 8.00. The number of benzene rings is 1. The van der Waals surface area contributed by atoms with Crippen LogP contribution in [0.4, 0.5) is 0 Å². The first-order valence-electron chi connectivity index (χ1n) is 6.88. The third kappa shape index (κ3) is 3.19. The van der Waals surface area contributed by atoms with Crippen LogP contribution >= 0.6 is 15.9 Å². The predicted octanol–water partition coefficient (Wildman–Crippen LogP) is 3.84. The smallest absolute Gasteiger partial charge is 0.254 e. The van der Waals surface area contributed by atoms with Crippen molar-refractivity contribution in [3.63, 3.8) is 0 Å². The maximum atomic E-state index is 12.7. The first kappa shape index (κ1) is 14.6. The third-order valence-electron chi connectivity index (χ3n) is 3.76. The lowest BCUT2D eigenvalue weighted by atomic mass is 9.83. The van der Waals surface area contributed by atoms with Crippen molar-refractivity contribution in [2.45, 2.75) is 32.6 Å². The number of carbonyl (C=O) groups is 1. The summed E-state index contributed by atoms with van der Waals surface area (Å²) in [4.78, 5) is 14.7. The fourth-order valence-electron chi connectivity index (χ4n) is 2.64. The molecule has 0 bridgehead atoms. The topological polar surface area (TPSA) is 20.3 Å². The lowest BCUT2D eigenvalue weighted by Gasteiger charge is -2.25. The van der Waals surface area contributed by atoms with E-state index < -0.39 is 0 Å². The summed E-state index contributed by atoms with van der Waals surface area (Å²) in [5, 5.41) is 0.984. The molecule has 1 aliphatic heterocycles. The molecule has 1 atom stereocenters. The minimum atomic E-state index is 0.000796. The van der Waals surface area contributed by atoms with Gasteiger partial charge in [0.1, 0.15) is 0 Å². The van der Waals surface area contributed by atoms with E-state index >= 15 is 0 Å². The third-order valence-corrected chi connectivity index (χ3v) is 4.67. The van der Waals surface area contributed by atoms with Crippen molar-refractivity contribution in [3.05, 3.63) is 35.4 Å². The summed E-state index contributed by atoms with van der Waals surface area (Å²) >= 11 is 3.52. The molecule has 1 saturated heterocycles. The van der Waals surface area contributed by atoms with Crippen LogP contribution in [0.3, 0.4) is 0 Å². The summed E-state index contributed by atoms with van der Waals surface area (Å²) < 4.78 is 0. The van der Waals surface area contributed by atoms with Crippen LogP contribution in [0.5, 0.6) is 0 Å². The molecule has 1 aliphatic rings. The Balaban J connectivity index is 2.25. The Morgan fingerprint density at radius 1 is 1.37 bits per heavy atom. The normalized spacial score (nSPS) is 19.8. The van der Waals surface area contributed by atoms with Crippen molar-refractivity contribution in [1.82, 2.24) is 4.90 Å². The Hall–Kier alpha value is -0.830. The zero-order valence-electron chi connectivity index (χ0n) is 11.9. The second-order valence-corrected chi connectivity index (χ2v) is 7.00. The van der Waals surface area contributed by atoms with E-state index in [1.165, 1.54) is 0 Å². The molecule has 1 aromatic carbocycles. The Kier molecular flexibility index (Phi) is 4.34. The van der Waals surface area contributed by atoms with Crippen LogP contribution in [0.25, 0.3) is 0 Å². The van der Waals surface area contributed by atoms with Crippen LogP contribution in [0.1, 0.15) is 43.1 Å². The van der Waals surface area contributed by atoms with Crippen molar-refractivity contribution in [3.8, 4) is 0 Å². The summed E-state index contributed by atoms with van der Waals surface area (Å²) in [5.41, 5.74) is 2.01. The van der Waals surface area contributed by atoms with Gasteiger partial charge in [-0.25, -0.2) is 0 Å². The van der Waals surface area contributed by atoms with E-state index in [9.17, 15) is 4.79 Å². The summed E-state index contributed by atoms with van der Waals surface area (Å²) in [5.74, 6) is 0.791. The number of halogens is 1. The average molecular weight is 324 g/mol. The van der Waals surface area contributed by atoms with Gasteiger partial charge in [-0.2, -0.15) is 0 Å². The number of alkyl halides is 1. The molecule has 0 saturated carbocycles. The zero-order chi connectivity index (χ0) is 14.0. The van der Waals surface area contributed by atoms with E-state index in [0.717, 1.165) is 36.0 Å². The fraction of sp³-hybridized carbons (Fsp3) is 0.562. The SMILES string of the molecule is CC(C)(C)c1ccccc1C(=O)N1CCC(CBr)C1. The van der Waals surface area contributed by atoms with Gasteiger partial charge in [-0.15, -0.1) is 0 Å². The van der Waals surface area contributed by atoms with Gasteiger partial charge in [0.15, 0.2) is 0 Å². The van der Waals surface area contributed by atoms with Crippen molar-refractivity contribution >= 4 is 21.8 Å². The zero-order valence-corrected chi connectivity index (χ0v) is 13.5. The van der Waals surface area contributed by atoms with Crippen LogP contribution < -0.4 is 0 Å². The van der Waals surface area contributed by atoms with E-state index in [1.54, 1.807) is 0 Å².